The number of nitrogens with two attached hydrogens (primary N) is 1. The first-order valence-corrected chi connectivity index (χ1v) is 4.69. The van der Waals surface area contributed by atoms with Gasteiger partial charge in [0, 0.05) is 18.8 Å². The molecular formula is C9H13N3O3. The average molecular weight is 211 g/mol. The largest absolute Gasteiger partial charge is 0.456 e. The van der Waals surface area contributed by atoms with Crippen molar-refractivity contribution < 1.29 is 14.3 Å². The van der Waals surface area contributed by atoms with Crippen molar-refractivity contribution in [3.05, 3.63) is 18.0 Å². The van der Waals surface area contributed by atoms with Crippen molar-refractivity contribution in [3.63, 3.8) is 0 Å². The van der Waals surface area contributed by atoms with Crippen molar-refractivity contribution in [2.75, 3.05) is 13.2 Å². The lowest BCUT2D eigenvalue weighted by Gasteiger charge is -2.26. The molecule has 0 radical (unpaired) electrons. The molecule has 2 N–H and O–H groups in total. The molecule has 0 saturated carbocycles. The molecule has 0 aliphatic carbocycles. The van der Waals surface area contributed by atoms with Gasteiger partial charge in [0.1, 0.15) is 12.1 Å². The maximum Gasteiger partial charge on any atom is 0.328 e. The number of hydrogen-bond acceptors (Lipinski definition) is 5. The van der Waals surface area contributed by atoms with Crippen molar-refractivity contribution in [2.45, 2.75) is 12.1 Å². The van der Waals surface area contributed by atoms with Crippen molar-refractivity contribution in [2.24, 2.45) is 12.8 Å². The minimum atomic E-state index is -0.765. The van der Waals surface area contributed by atoms with E-state index < -0.39 is 12.0 Å². The zero-order valence-electron chi connectivity index (χ0n) is 8.42. The Bertz CT molecular complexity index is 359. The third kappa shape index (κ3) is 2.16. The van der Waals surface area contributed by atoms with Gasteiger partial charge < -0.3 is 15.2 Å². The highest BCUT2D eigenvalue weighted by Gasteiger charge is 2.27. The van der Waals surface area contributed by atoms with Crippen molar-refractivity contribution in [1.29, 1.82) is 0 Å². The van der Waals surface area contributed by atoms with Crippen LogP contribution in [0.15, 0.2) is 12.4 Å². The van der Waals surface area contributed by atoms with Gasteiger partial charge in [-0.1, -0.05) is 0 Å². The van der Waals surface area contributed by atoms with E-state index in [2.05, 4.69) is 5.10 Å². The van der Waals surface area contributed by atoms with Crippen LogP contribution in [0.25, 0.3) is 0 Å². The third-order valence-electron chi connectivity index (χ3n) is 2.23. The summed E-state index contributed by atoms with van der Waals surface area (Å²) in [4.78, 5) is 11.5. The van der Waals surface area contributed by atoms with Gasteiger partial charge in [0.2, 0.25) is 0 Å². The Morgan fingerprint density at radius 3 is 3.00 bits per heavy atom. The highest BCUT2D eigenvalue weighted by molar-refractivity contribution is 5.77. The summed E-state index contributed by atoms with van der Waals surface area (Å²) >= 11 is 0. The van der Waals surface area contributed by atoms with E-state index in [1.54, 1.807) is 24.1 Å². The monoisotopic (exact) mass is 211 g/mol. The molecule has 0 spiro atoms. The van der Waals surface area contributed by atoms with E-state index in [1.807, 2.05) is 0 Å². The molecule has 6 heteroatoms. The van der Waals surface area contributed by atoms with Crippen LogP contribution in [0.3, 0.4) is 0 Å². The number of aromatic nitrogens is 2. The molecule has 6 nitrogen and oxygen atoms in total. The van der Waals surface area contributed by atoms with Crippen LogP contribution in [-0.2, 0) is 21.3 Å². The van der Waals surface area contributed by atoms with Crippen LogP contribution in [0.4, 0.5) is 0 Å². The molecule has 1 aromatic heterocycles. The molecule has 2 heterocycles. The normalized spacial score (nSPS) is 18.3. The summed E-state index contributed by atoms with van der Waals surface area (Å²) in [6.45, 7) is 0.928. The average Bonchev–Trinajstić information content (AvgIpc) is 2.56. The first-order chi connectivity index (χ1) is 7.16. The Labute approximate surface area is 87.0 Å². The van der Waals surface area contributed by atoms with Gasteiger partial charge in [0.25, 0.3) is 0 Å². The van der Waals surface area contributed by atoms with Gasteiger partial charge in [-0.3, -0.25) is 4.68 Å². The summed E-state index contributed by atoms with van der Waals surface area (Å²) in [6.07, 6.45) is 3.12. The molecule has 1 aliphatic rings. The van der Waals surface area contributed by atoms with Gasteiger partial charge in [-0.25, -0.2) is 4.79 Å². The molecular weight excluding hydrogens is 198 g/mol. The Balaban J connectivity index is 1.94. The summed E-state index contributed by atoms with van der Waals surface area (Å²) in [5.41, 5.74) is 6.37. The fourth-order valence-electron chi connectivity index (χ4n) is 1.26. The summed E-state index contributed by atoms with van der Waals surface area (Å²) < 4.78 is 11.6. The highest BCUT2D eigenvalue weighted by Crippen LogP contribution is 2.14. The molecule has 0 amide bonds. The molecule has 15 heavy (non-hydrogen) atoms. The van der Waals surface area contributed by atoms with Crippen LogP contribution in [0, 0.1) is 0 Å². The number of rotatable bonds is 3. The fraction of sp³-hybridized carbons (Fsp3) is 0.556. The SMILES string of the molecule is Cn1cc(C(N)C(=O)OC2COC2)cn1. The first kappa shape index (κ1) is 10.1. The van der Waals surface area contributed by atoms with E-state index >= 15 is 0 Å². The lowest BCUT2D eigenvalue weighted by atomic mass is 10.2. The van der Waals surface area contributed by atoms with Crippen LogP contribution in [0.1, 0.15) is 11.6 Å². The standard InChI is InChI=1S/C9H13N3O3/c1-12-3-6(2-11-12)8(10)9(13)15-7-4-14-5-7/h2-3,7-8H,4-5,10H2,1H3. The van der Waals surface area contributed by atoms with Gasteiger partial charge in [-0.2, -0.15) is 5.10 Å². The molecule has 1 saturated heterocycles. The van der Waals surface area contributed by atoms with E-state index in [9.17, 15) is 4.79 Å². The van der Waals surface area contributed by atoms with Gasteiger partial charge in [-0.15, -0.1) is 0 Å². The van der Waals surface area contributed by atoms with E-state index in [1.165, 1.54) is 0 Å². The van der Waals surface area contributed by atoms with Crippen LogP contribution >= 0.6 is 0 Å². The number of esters is 1. The number of aryl methyl sites for hydroxylation is 1. The van der Waals surface area contributed by atoms with Gasteiger partial charge in [-0.05, 0) is 0 Å². The second-order valence-corrected chi connectivity index (χ2v) is 3.52. The number of carbonyl (C=O) groups is 1. The second kappa shape index (κ2) is 4.00. The maximum atomic E-state index is 11.5. The lowest BCUT2D eigenvalue weighted by Crippen LogP contribution is -2.40. The van der Waals surface area contributed by atoms with Crippen molar-refractivity contribution >= 4 is 5.97 Å². The zero-order chi connectivity index (χ0) is 10.8. The molecule has 2 rings (SSSR count). The fourth-order valence-corrected chi connectivity index (χ4v) is 1.26. The maximum absolute atomic E-state index is 11.5. The van der Waals surface area contributed by atoms with E-state index in [0.29, 0.717) is 18.8 Å². The summed E-state index contributed by atoms with van der Waals surface area (Å²) in [5, 5.41) is 3.94. The van der Waals surface area contributed by atoms with E-state index in [0.717, 1.165) is 0 Å². The van der Waals surface area contributed by atoms with Crippen LogP contribution < -0.4 is 5.73 Å². The number of hydrogen-bond donors (Lipinski definition) is 1. The first-order valence-electron chi connectivity index (χ1n) is 4.69. The van der Waals surface area contributed by atoms with Crippen molar-refractivity contribution in [3.8, 4) is 0 Å². The minimum absolute atomic E-state index is 0.139. The predicted octanol–water partition coefficient (Wildman–Crippen LogP) is -0.638. The Kier molecular flexibility index (Phi) is 2.70. The lowest BCUT2D eigenvalue weighted by molar-refractivity contribution is -0.173. The molecule has 1 atom stereocenters. The van der Waals surface area contributed by atoms with E-state index in [-0.39, 0.29) is 6.10 Å². The minimum Gasteiger partial charge on any atom is -0.456 e. The Hall–Kier alpha value is -1.40. The molecule has 1 fully saturated rings. The second-order valence-electron chi connectivity index (χ2n) is 3.52. The summed E-state index contributed by atoms with van der Waals surface area (Å²) in [7, 11) is 1.77. The Morgan fingerprint density at radius 1 is 1.80 bits per heavy atom. The molecule has 1 aliphatic heterocycles. The van der Waals surface area contributed by atoms with Gasteiger partial charge in [0.15, 0.2) is 0 Å². The quantitative estimate of drug-likeness (QED) is 0.673. The number of nitrogens with zero attached hydrogens (tertiary/aromatic N) is 2. The summed E-state index contributed by atoms with van der Waals surface area (Å²) in [5.74, 6) is -0.434. The van der Waals surface area contributed by atoms with Gasteiger partial charge >= 0.3 is 5.97 Å². The van der Waals surface area contributed by atoms with Crippen molar-refractivity contribution in [1.82, 2.24) is 9.78 Å². The highest BCUT2D eigenvalue weighted by atomic mass is 16.6. The topological polar surface area (TPSA) is 79.4 Å². The molecule has 1 unspecified atom stereocenters. The van der Waals surface area contributed by atoms with E-state index in [4.69, 9.17) is 15.2 Å². The molecule has 0 bridgehead atoms. The van der Waals surface area contributed by atoms with Gasteiger partial charge in [0.05, 0.1) is 19.4 Å². The number of ether oxygens (including phenoxy) is 2. The van der Waals surface area contributed by atoms with Crippen LogP contribution in [0.5, 0.6) is 0 Å². The smallest absolute Gasteiger partial charge is 0.328 e. The zero-order valence-corrected chi connectivity index (χ0v) is 8.42. The molecule has 0 aromatic carbocycles. The molecule has 82 valence electrons. The molecule has 1 aromatic rings. The third-order valence-corrected chi connectivity index (χ3v) is 2.23. The summed E-state index contributed by atoms with van der Waals surface area (Å²) in [6, 6.07) is -0.765. The van der Waals surface area contributed by atoms with Crippen LogP contribution in [-0.4, -0.2) is 35.1 Å². The predicted molar refractivity (Wildman–Crippen MR) is 50.8 cm³/mol. The van der Waals surface area contributed by atoms with Crippen LogP contribution in [0.2, 0.25) is 0 Å². The Morgan fingerprint density at radius 2 is 2.53 bits per heavy atom. The number of carbonyl (C=O) groups excluding carboxylic acids is 1.